The lowest BCUT2D eigenvalue weighted by atomic mass is 9.99. The zero-order chi connectivity index (χ0) is 14.2. The van der Waals surface area contributed by atoms with Crippen molar-refractivity contribution >= 4 is 0 Å². The molecule has 0 amide bonds. The van der Waals surface area contributed by atoms with Crippen LogP contribution in [0.4, 0.5) is 4.39 Å². The van der Waals surface area contributed by atoms with Crippen LogP contribution in [0.25, 0.3) is 0 Å². The van der Waals surface area contributed by atoms with E-state index in [1.807, 2.05) is 0 Å². The van der Waals surface area contributed by atoms with Gasteiger partial charge in [-0.2, -0.15) is 4.98 Å². The average molecular weight is 268 g/mol. The van der Waals surface area contributed by atoms with E-state index in [0.717, 1.165) is 10.8 Å². The fourth-order valence-corrected chi connectivity index (χ4v) is 1.97. The number of rotatable bonds is 2. The first-order valence-electron chi connectivity index (χ1n) is 5.63. The molecular weight excluding hydrogens is 255 g/mol. The van der Waals surface area contributed by atoms with Crippen LogP contribution >= 0.6 is 0 Å². The Kier molecular flexibility index (Phi) is 3.41. The number of aromatic nitrogens is 2. The maximum Gasteiger partial charge on any atom is 0.350 e. The number of ether oxygens (including phenoxy) is 1. The third kappa shape index (κ3) is 2.14. The lowest BCUT2D eigenvalue weighted by molar-refractivity contribution is -0.0914. The minimum Gasteiger partial charge on any atom is -0.392 e. The van der Waals surface area contributed by atoms with Crippen LogP contribution < -0.4 is 5.69 Å². The van der Waals surface area contributed by atoms with E-state index in [2.05, 4.69) is 10.9 Å². The van der Waals surface area contributed by atoms with Gasteiger partial charge in [-0.3, -0.25) is 4.57 Å². The van der Waals surface area contributed by atoms with Crippen molar-refractivity contribution in [3.8, 4) is 12.3 Å². The van der Waals surface area contributed by atoms with Crippen molar-refractivity contribution < 1.29 is 19.3 Å². The average Bonchev–Trinajstić information content (AvgIpc) is 2.71. The Labute approximate surface area is 108 Å². The molecule has 1 saturated heterocycles. The zero-order valence-electron chi connectivity index (χ0n) is 10.2. The Morgan fingerprint density at radius 1 is 1.79 bits per heavy atom. The Morgan fingerprint density at radius 2 is 2.47 bits per heavy atom. The summed E-state index contributed by atoms with van der Waals surface area (Å²) in [6.07, 6.45) is 4.03. The van der Waals surface area contributed by atoms with E-state index >= 15 is 0 Å². The first-order chi connectivity index (χ1) is 8.93. The zero-order valence-corrected chi connectivity index (χ0v) is 10.2. The standard InChI is InChI=1S/C12H13FN2O4/c1-3-12(6-16)9(17)4-10(19-12)15-5-8(13)7(2)14-11(15)18/h1,5,9-10,16-17H,4,6H2,2H3/t9-,10+,12+/m0/s1. The normalized spacial score (nSPS) is 30.3. The second-order valence-corrected chi connectivity index (χ2v) is 4.38. The molecule has 1 aromatic heterocycles. The van der Waals surface area contributed by atoms with E-state index in [4.69, 9.17) is 11.2 Å². The maximum atomic E-state index is 13.4. The molecule has 0 unspecified atom stereocenters. The van der Waals surface area contributed by atoms with Crippen molar-refractivity contribution in [2.75, 3.05) is 6.61 Å². The molecule has 19 heavy (non-hydrogen) atoms. The molecule has 0 radical (unpaired) electrons. The second kappa shape index (κ2) is 4.74. The van der Waals surface area contributed by atoms with Crippen LogP contribution in [0.2, 0.25) is 0 Å². The largest absolute Gasteiger partial charge is 0.392 e. The predicted molar refractivity (Wildman–Crippen MR) is 62.6 cm³/mol. The van der Waals surface area contributed by atoms with Gasteiger partial charge in [0.2, 0.25) is 0 Å². The summed E-state index contributed by atoms with van der Waals surface area (Å²) < 4.78 is 19.7. The number of terminal acetylenes is 1. The van der Waals surface area contributed by atoms with Gasteiger partial charge >= 0.3 is 5.69 Å². The summed E-state index contributed by atoms with van der Waals surface area (Å²) in [6, 6.07) is 0. The molecule has 2 rings (SSSR count). The number of hydrogen-bond donors (Lipinski definition) is 2. The first kappa shape index (κ1) is 13.7. The molecule has 102 valence electrons. The Bertz CT molecular complexity index is 594. The van der Waals surface area contributed by atoms with E-state index in [-0.39, 0.29) is 12.1 Å². The van der Waals surface area contributed by atoms with Crippen molar-refractivity contribution in [3.05, 3.63) is 28.2 Å². The Balaban J connectivity index is 2.39. The number of aryl methyl sites for hydroxylation is 1. The second-order valence-electron chi connectivity index (χ2n) is 4.38. The van der Waals surface area contributed by atoms with Crippen molar-refractivity contribution in [1.82, 2.24) is 9.55 Å². The van der Waals surface area contributed by atoms with E-state index < -0.39 is 36.0 Å². The number of aliphatic hydroxyl groups is 2. The summed E-state index contributed by atoms with van der Waals surface area (Å²) in [5, 5.41) is 19.0. The molecule has 0 aromatic carbocycles. The molecule has 6 nitrogen and oxygen atoms in total. The fourth-order valence-electron chi connectivity index (χ4n) is 1.97. The minimum atomic E-state index is -1.58. The summed E-state index contributed by atoms with van der Waals surface area (Å²) in [7, 11) is 0. The number of aliphatic hydroxyl groups excluding tert-OH is 2. The summed E-state index contributed by atoms with van der Waals surface area (Å²) in [5.74, 6) is 1.50. The third-order valence-electron chi connectivity index (χ3n) is 3.18. The van der Waals surface area contributed by atoms with Gasteiger partial charge in [0.05, 0.1) is 12.3 Å². The molecule has 2 N–H and O–H groups in total. The Morgan fingerprint density at radius 3 is 3.00 bits per heavy atom. The van der Waals surface area contributed by atoms with Gasteiger partial charge in [0.1, 0.15) is 12.3 Å². The van der Waals surface area contributed by atoms with Gasteiger partial charge in [0, 0.05) is 12.6 Å². The quantitative estimate of drug-likeness (QED) is 0.695. The van der Waals surface area contributed by atoms with Crippen LogP contribution in [0.5, 0.6) is 0 Å². The number of hydrogen-bond acceptors (Lipinski definition) is 5. The SMILES string of the molecule is C#C[C@]1(CO)O[C@@H](n2cc(F)c(C)nc2=O)C[C@@H]1O. The van der Waals surface area contributed by atoms with Crippen LogP contribution in [0.3, 0.4) is 0 Å². The van der Waals surface area contributed by atoms with Crippen LogP contribution in [0, 0.1) is 25.1 Å². The lowest BCUT2D eigenvalue weighted by Crippen LogP contribution is -2.41. The third-order valence-corrected chi connectivity index (χ3v) is 3.18. The van der Waals surface area contributed by atoms with Crippen molar-refractivity contribution in [1.29, 1.82) is 0 Å². The molecule has 0 aliphatic carbocycles. The van der Waals surface area contributed by atoms with Crippen LogP contribution in [0.15, 0.2) is 11.0 Å². The highest BCUT2D eigenvalue weighted by Crippen LogP contribution is 2.35. The molecule has 1 fully saturated rings. The lowest BCUT2D eigenvalue weighted by Gasteiger charge is -2.23. The molecule has 1 aliphatic heterocycles. The number of halogens is 1. The van der Waals surface area contributed by atoms with Crippen molar-refractivity contribution in [2.45, 2.75) is 31.3 Å². The first-order valence-corrected chi connectivity index (χ1v) is 5.63. The molecule has 0 saturated carbocycles. The van der Waals surface area contributed by atoms with Gasteiger partial charge in [-0.1, -0.05) is 5.92 Å². The van der Waals surface area contributed by atoms with Crippen molar-refractivity contribution in [2.24, 2.45) is 0 Å². The topological polar surface area (TPSA) is 84.6 Å². The van der Waals surface area contributed by atoms with Gasteiger partial charge < -0.3 is 14.9 Å². The van der Waals surface area contributed by atoms with E-state index in [1.165, 1.54) is 6.92 Å². The highest BCUT2D eigenvalue weighted by atomic mass is 19.1. The smallest absolute Gasteiger partial charge is 0.350 e. The van der Waals surface area contributed by atoms with Crippen LogP contribution in [-0.4, -0.2) is 38.1 Å². The Hall–Kier alpha value is -1.75. The van der Waals surface area contributed by atoms with E-state index in [0.29, 0.717) is 0 Å². The summed E-state index contributed by atoms with van der Waals surface area (Å²) in [6.45, 7) is 0.766. The van der Waals surface area contributed by atoms with Gasteiger partial charge in [0.15, 0.2) is 11.4 Å². The minimum absolute atomic E-state index is 0.0230. The van der Waals surface area contributed by atoms with Gasteiger partial charge in [0.25, 0.3) is 0 Å². The molecule has 7 heteroatoms. The van der Waals surface area contributed by atoms with Gasteiger partial charge in [-0.25, -0.2) is 9.18 Å². The molecule has 0 spiro atoms. The predicted octanol–water partition coefficient (Wildman–Crippen LogP) is -0.665. The molecular formula is C12H13FN2O4. The molecule has 0 bridgehead atoms. The van der Waals surface area contributed by atoms with E-state index in [1.54, 1.807) is 0 Å². The van der Waals surface area contributed by atoms with Crippen LogP contribution in [0.1, 0.15) is 18.3 Å². The summed E-state index contributed by atoms with van der Waals surface area (Å²) in [5.41, 5.74) is -2.31. The van der Waals surface area contributed by atoms with Crippen LogP contribution in [-0.2, 0) is 4.74 Å². The molecule has 3 atom stereocenters. The van der Waals surface area contributed by atoms with E-state index in [9.17, 15) is 19.4 Å². The molecule has 1 aromatic rings. The van der Waals surface area contributed by atoms with Gasteiger partial charge in [-0.15, -0.1) is 6.42 Å². The van der Waals surface area contributed by atoms with Crippen molar-refractivity contribution in [3.63, 3.8) is 0 Å². The highest BCUT2D eigenvalue weighted by molar-refractivity contribution is 5.16. The molecule has 1 aliphatic rings. The summed E-state index contributed by atoms with van der Waals surface area (Å²) in [4.78, 5) is 15.2. The summed E-state index contributed by atoms with van der Waals surface area (Å²) >= 11 is 0. The number of nitrogens with zero attached hydrogens (tertiary/aromatic N) is 2. The monoisotopic (exact) mass is 268 g/mol. The highest BCUT2D eigenvalue weighted by Gasteiger charge is 2.47. The van der Waals surface area contributed by atoms with Gasteiger partial charge in [-0.05, 0) is 6.92 Å². The molecule has 2 heterocycles. The maximum absolute atomic E-state index is 13.4. The fraction of sp³-hybridized carbons (Fsp3) is 0.500.